The Balaban J connectivity index is 1.26. The molecule has 0 atom stereocenters. The Labute approximate surface area is 195 Å². The highest BCUT2D eigenvalue weighted by Gasteiger charge is 2.18. The Morgan fingerprint density at radius 2 is 2.03 bits per heavy atom. The number of benzene rings is 2. The van der Waals surface area contributed by atoms with Crippen LogP contribution in [0.25, 0.3) is 21.6 Å². The first kappa shape index (κ1) is 21.3. The SMILES string of the molecule is COc1ccc(-c2nc(C)c(NC(=O)OCc3ccc4c(c3)nc3n4CCC3)s2)c(OC)c1. The minimum Gasteiger partial charge on any atom is -0.497 e. The van der Waals surface area contributed by atoms with Gasteiger partial charge in [-0.3, -0.25) is 5.32 Å². The van der Waals surface area contributed by atoms with Crippen molar-refractivity contribution in [2.24, 2.45) is 0 Å². The van der Waals surface area contributed by atoms with Crippen LogP contribution in [0.5, 0.6) is 11.5 Å². The van der Waals surface area contributed by atoms with Crippen LogP contribution in [-0.2, 0) is 24.3 Å². The number of hydrogen-bond acceptors (Lipinski definition) is 7. The molecule has 1 aliphatic rings. The van der Waals surface area contributed by atoms with Crippen LogP contribution in [0, 0.1) is 6.92 Å². The summed E-state index contributed by atoms with van der Waals surface area (Å²) < 4.78 is 18.4. The summed E-state index contributed by atoms with van der Waals surface area (Å²) in [4.78, 5) is 21.7. The molecule has 8 nitrogen and oxygen atoms in total. The van der Waals surface area contributed by atoms with Crippen LogP contribution in [0.2, 0.25) is 0 Å². The van der Waals surface area contributed by atoms with Crippen molar-refractivity contribution in [3.8, 4) is 22.1 Å². The zero-order valence-electron chi connectivity index (χ0n) is 18.7. The van der Waals surface area contributed by atoms with Gasteiger partial charge in [0.1, 0.15) is 33.9 Å². The number of rotatable bonds is 6. The molecule has 0 saturated heterocycles. The molecular formula is C24H24N4O4S. The van der Waals surface area contributed by atoms with Crippen molar-refractivity contribution in [3.05, 3.63) is 53.5 Å². The second-order valence-electron chi connectivity index (χ2n) is 7.81. The Kier molecular flexibility index (Phi) is 5.63. The van der Waals surface area contributed by atoms with Gasteiger partial charge in [0.25, 0.3) is 0 Å². The van der Waals surface area contributed by atoms with Gasteiger partial charge in [0, 0.05) is 19.0 Å². The monoisotopic (exact) mass is 464 g/mol. The van der Waals surface area contributed by atoms with E-state index in [1.54, 1.807) is 20.3 Å². The lowest BCUT2D eigenvalue weighted by Gasteiger charge is -2.08. The number of hydrogen-bond donors (Lipinski definition) is 1. The first-order valence-electron chi connectivity index (χ1n) is 10.7. The van der Waals surface area contributed by atoms with E-state index >= 15 is 0 Å². The van der Waals surface area contributed by atoms with E-state index in [4.69, 9.17) is 19.2 Å². The van der Waals surface area contributed by atoms with E-state index < -0.39 is 6.09 Å². The number of anilines is 1. The van der Waals surface area contributed by atoms with Crippen LogP contribution < -0.4 is 14.8 Å². The molecule has 0 radical (unpaired) electrons. The highest BCUT2D eigenvalue weighted by atomic mass is 32.1. The molecule has 5 rings (SSSR count). The van der Waals surface area contributed by atoms with Crippen LogP contribution in [-0.4, -0.2) is 34.8 Å². The molecule has 2 aromatic heterocycles. The number of imidazole rings is 1. The molecule has 3 heterocycles. The summed E-state index contributed by atoms with van der Waals surface area (Å²) in [7, 11) is 3.21. The average molecular weight is 465 g/mol. The molecule has 1 amide bonds. The fourth-order valence-corrected chi connectivity index (χ4v) is 5.01. The Bertz CT molecular complexity index is 1340. The summed E-state index contributed by atoms with van der Waals surface area (Å²) in [5.41, 5.74) is 4.52. The number of aryl methyl sites for hydroxylation is 3. The molecule has 170 valence electrons. The Morgan fingerprint density at radius 3 is 2.85 bits per heavy atom. The number of thiazole rings is 1. The highest BCUT2D eigenvalue weighted by molar-refractivity contribution is 7.19. The van der Waals surface area contributed by atoms with Gasteiger partial charge in [-0.1, -0.05) is 17.4 Å². The van der Waals surface area contributed by atoms with Crippen molar-refractivity contribution in [1.29, 1.82) is 0 Å². The fraction of sp³-hybridized carbons (Fsp3) is 0.292. The average Bonchev–Trinajstić information content (AvgIpc) is 3.52. The number of nitrogens with zero attached hydrogens (tertiary/aromatic N) is 3. The summed E-state index contributed by atoms with van der Waals surface area (Å²) in [5, 5.41) is 4.18. The summed E-state index contributed by atoms with van der Waals surface area (Å²) in [6, 6.07) is 11.6. The number of amides is 1. The van der Waals surface area contributed by atoms with Crippen LogP contribution in [0.15, 0.2) is 36.4 Å². The van der Waals surface area contributed by atoms with E-state index in [1.165, 1.54) is 11.3 Å². The first-order valence-corrected chi connectivity index (χ1v) is 11.5. The van der Waals surface area contributed by atoms with E-state index in [2.05, 4.69) is 20.9 Å². The van der Waals surface area contributed by atoms with Crippen molar-refractivity contribution in [1.82, 2.24) is 14.5 Å². The third-order valence-electron chi connectivity index (χ3n) is 5.70. The van der Waals surface area contributed by atoms with Gasteiger partial charge in [0.15, 0.2) is 0 Å². The highest BCUT2D eigenvalue weighted by Crippen LogP contribution is 2.38. The summed E-state index contributed by atoms with van der Waals surface area (Å²) in [5.74, 6) is 2.48. The zero-order valence-corrected chi connectivity index (χ0v) is 19.5. The molecule has 33 heavy (non-hydrogen) atoms. The third-order valence-corrected chi connectivity index (χ3v) is 6.80. The van der Waals surface area contributed by atoms with E-state index in [9.17, 15) is 4.79 Å². The molecule has 9 heteroatoms. The molecule has 2 aromatic carbocycles. The predicted octanol–water partition coefficient (Wildman–Crippen LogP) is 5.18. The first-order chi connectivity index (χ1) is 16.1. The molecule has 0 aliphatic carbocycles. The second-order valence-corrected chi connectivity index (χ2v) is 8.81. The van der Waals surface area contributed by atoms with Crippen LogP contribution in [0.1, 0.15) is 23.5 Å². The summed E-state index contributed by atoms with van der Waals surface area (Å²) >= 11 is 1.36. The van der Waals surface area contributed by atoms with Crippen molar-refractivity contribution in [2.75, 3.05) is 19.5 Å². The van der Waals surface area contributed by atoms with Gasteiger partial charge in [0.2, 0.25) is 0 Å². The van der Waals surface area contributed by atoms with E-state index in [0.717, 1.165) is 52.4 Å². The van der Waals surface area contributed by atoms with Gasteiger partial charge in [-0.25, -0.2) is 14.8 Å². The largest absolute Gasteiger partial charge is 0.497 e. The number of carbonyl (C=O) groups is 1. The normalized spacial score (nSPS) is 12.6. The summed E-state index contributed by atoms with van der Waals surface area (Å²) in [6.45, 7) is 3.03. The topological polar surface area (TPSA) is 87.5 Å². The van der Waals surface area contributed by atoms with Crippen molar-refractivity contribution >= 4 is 33.5 Å². The molecule has 0 unspecified atom stereocenters. The zero-order chi connectivity index (χ0) is 22.9. The molecule has 1 N–H and O–H groups in total. The minimum absolute atomic E-state index is 0.168. The number of nitrogens with one attached hydrogen (secondary N) is 1. The van der Waals surface area contributed by atoms with E-state index in [0.29, 0.717) is 22.2 Å². The Morgan fingerprint density at radius 1 is 1.15 bits per heavy atom. The van der Waals surface area contributed by atoms with Crippen molar-refractivity contribution < 1.29 is 19.0 Å². The lowest BCUT2D eigenvalue weighted by Crippen LogP contribution is -2.13. The van der Waals surface area contributed by atoms with Crippen LogP contribution in [0.4, 0.5) is 9.80 Å². The van der Waals surface area contributed by atoms with Gasteiger partial charge in [-0.15, -0.1) is 0 Å². The maximum absolute atomic E-state index is 12.5. The van der Waals surface area contributed by atoms with Gasteiger partial charge in [-0.2, -0.15) is 0 Å². The van der Waals surface area contributed by atoms with Gasteiger partial charge >= 0.3 is 6.09 Å². The maximum atomic E-state index is 12.5. The number of aromatic nitrogens is 3. The number of methoxy groups -OCH3 is 2. The standard InChI is InChI=1S/C24H24N4O4S/c1-14-22(33-23(25-14)17-8-7-16(30-2)12-20(17)31-3)27-24(29)32-13-15-6-9-19-18(11-15)26-21-5-4-10-28(19)21/h6-9,11-12H,4-5,10,13H2,1-3H3,(H,27,29). The predicted molar refractivity (Wildman–Crippen MR) is 127 cm³/mol. The molecule has 4 aromatic rings. The van der Waals surface area contributed by atoms with Gasteiger partial charge in [0.05, 0.1) is 36.5 Å². The smallest absolute Gasteiger partial charge is 0.412 e. The fourth-order valence-electron chi connectivity index (χ4n) is 4.03. The van der Waals surface area contributed by atoms with Gasteiger partial charge < -0.3 is 18.8 Å². The Hall–Kier alpha value is -3.59. The van der Waals surface area contributed by atoms with Crippen LogP contribution in [0.3, 0.4) is 0 Å². The number of fused-ring (bicyclic) bond motifs is 3. The molecule has 1 aliphatic heterocycles. The van der Waals surface area contributed by atoms with Crippen molar-refractivity contribution in [2.45, 2.75) is 32.9 Å². The third kappa shape index (κ3) is 4.11. The minimum atomic E-state index is -0.526. The second kappa shape index (κ2) is 8.74. The van der Waals surface area contributed by atoms with Crippen LogP contribution >= 0.6 is 11.3 Å². The van der Waals surface area contributed by atoms with Gasteiger partial charge in [-0.05, 0) is 43.2 Å². The molecule has 0 fully saturated rings. The lowest BCUT2D eigenvalue weighted by atomic mass is 10.2. The quantitative estimate of drug-likeness (QED) is 0.423. The molecule has 0 saturated carbocycles. The molecule has 0 spiro atoms. The van der Waals surface area contributed by atoms with E-state index in [1.807, 2.05) is 31.2 Å². The van der Waals surface area contributed by atoms with E-state index in [-0.39, 0.29) is 6.61 Å². The number of ether oxygens (including phenoxy) is 3. The van der Waals surface area contributed by atoms with Crippen molar-refractivity contribution in [3.63, 3.8) is 0 Å². The maximum Gasteiger partial charge on any atom is 0.412 e. The molecular weight excluding hydrogens is 440 g/mol. The number of carbonyl (C=O) groups excluding carboxylic acids is 1. The summed E-state index contributed by atoms with van der Waals surface area (Å²) in [6.07, 6.45) is 1.64. The lowest BCUT2D eigenvalue weighted by molar-refractivity contribution is 0.155. The molecule has 0 bridgehead atoms.